The minimum Gasteiger partial charge on any atom is -0.493 e. The third-order valence-corrected chi connectivity index (χ3v) is 5.20. The monoisotopic (exact) mass is 475 g/mol. The SMILES string of the molecule is COc1cc(C=Cc2ccc(OC)c(OC)c2NC(=O)C=Cc2ccccc2)cc(OC)c1OC. The largest absolute Gasteiger partial charge is 0.493 e. The Kier molecular flexibility index (Phi) is 8.78. The predicted octanol–water partition coefficient (Wildman–Crippen LogP) is 5.55. The lowest BCUT2D eigenvalue weighted by atomic mass is 10.1. The van der Waals surface area contributed by atoms with E-state index < -0.39 is 0 Å². The molecule has 0 heterocycles. The lowest BCUT2D eigenvalue weighted by Crippen LogP contribution is -2.11. The standard InChI is InChI=1S/C28H29NO6/c1-31-22-15-14-21(13-11-20-17-23(32-2)27(34-4)24(18-20)33-3)26(28(22)35-5)29-25(30)16-12-19-9-7-6-8-10-19/h6-18H,1-5H3,(H,29,30). The number of benzene rings is 3. The first-order valence-electron chi connectivity index (χ1n) is 10.8. The quantitative estimate of drug-likeness (QED) is 0.306. The van der Waals surface area contributed by atoms with E-state index in [-0.39, 0.29) is 5.91 Å². The molecule has 35 heavy (non-hydrogen) atoms. The van der Waals surface area contributed by atoms with Crippen LogP contribution < -0.4 is 29.0 Å². The van der Waals surface area contributed by atoms with Gasteiger partial charge in [-0.1, -0.05) is 42.5 Å². The fourth-order valence-corrected chi connectivity index (χ4v) is 3.49. The summed E-state index contributed by atoms with van der Waals surface area (Å²) in [6, 6.07) is 16.9. The minimum absolute atomic E-state index is 0.303. The molecule has 1 N–H and O–H groups in total. The van der Waals surface area contributed by atoms with Crippen LogP contribution in [0.3, 0.4) is 0 Å². The summed E-state index contributed by atoms with van der Waals surface area (Å²) in [5.41, 5.74) is 2.94. The maximum atomic E-state index is 12.8. The van der Waals surface area contributed by atoms with Crippen LogP contribution in [0.4, 0.5) is 5.69 Å². The Morgan fingerprint density at radius 1 is 0.657 bits per heavy atom. The zero-order valence-electron chi connectivity index (χ0n) is 20.5. The Balaban J connectivity index is 1.97. The summed E-state index contributed by atoms with van der Waals surface area (Å²) in [7, 11) is 7.76. The highest BCUT2D eigenvalue weighted by molar-refractivity contribution is 6.04. The van der Waals surface area contributed by atoms with E-state index in [1.165, 1.54) is 13.2 Å². The normalized spacial score (nSPS) is 10.9. The molecule has 0 aliphatic heterocycles. The van der Waals surface area contributed by atoms with Gasteiger partial charge in [0.1, 0.15) is 0 Å². The molecular formula is C28H29NO6. The molecule has 0 saturated carbocycles. The van der Waals surface area contributed by atoms with Crippen molar-refractivity contribution in [3.8, 4) is 28.7 Å². The Bertz CT molecular complexity index is 1190. The summed E-state index contributed by atoms with van der Waals surface area (Å²) in [5.74, 6) is 2.21. The molecule has 0 aliphatic rings. The number of carbonyl (C=O) groups is 1. The molecule has 3 aromatic rings. The zero-order chi connectivity index (χ0) is 25.2. The summed E-state index contributed by atoms with van der Waals surface area (Å²) in [4.78, 5) is 12.8. The van der Waals surface area contributed by atoms with Crippen LogP contribution in [-0.4, -0.2) is 41.5 Å². The smallest absolute Gasteiger partial charge is 0.248 e. The number of ether oxygens (including phenoxy) is 5. The van der Waals surface area contributed by atoms with Crippen molar-refractivity contribution in [2.75, 3.05) is 40.9 Å². The maximum absolute atomic E-state index is 12.8. The van der Waals surface area contributed by atoms with Gasteiger partial charge in [-0.2, -0.15) is 0 Å². The molecule has 3 rings (SSSR count). The van der Waals surface area contributed by atoms with Crippen molar-refractivity contribution in [2.24, 2.45) is 0 Å². The van der Waals surface area contributed by atoms with E-state index in [0.29, 0.717) is 34.4 Å². The van der Waals surface area contributed by atoms with Crippen molar-refractivity contribution in [1.82, 2.24) is 0 Å². The van der Waals surface area contributed by atoms with E-state index in [9.17, 15) is 4.79 Å². The van der Waals surface area contributed by atoms with Crippen LogP contribution in [0.5, 0.6) is 28.7 Å². The predicted molar refractivity (Wildman–Crippen MR) is 139 cm³/mol. The first-order chi connectivity index (χ1) is 17.0. The van der Waals surface area contributed by atoms with Crippen LogP contribution in [0.25, 0.3) is 18.2 Å². The maximum Gasteiger partial charge on any atom is 0.248 e. The van der Waals surface area contributed by atoms with Crippen LogP contribution in [0.2, 0.25) is 0 Å². The average molecular weight is 476 g/mol. The van der Waals surface area contributed by atoms with E-state index >= 15 is 0 Å². The lowest BCUT2D eigenvalue weighted by Gasteiger charge is -2.16. The summed E-state index contributed by atoms with van der Waals surface area (Å²) >= 11 is 0. The van der Waals surface area contributed by atoms with Gasteiger partial charge in [-0.3, -0.25) is 4.79 Å². The molecule has 0 aliphatic carbocycles. The van der Waals surface area contributed by atoms with Gasteiger partial charge in [-0.25, -0.2) is 0 Å². The van der Waals surface area contributed by atoms with Gasteiger partial charge in [0.2, 0.25) is 11.7 Å². The molecule has 0 radical (unpaired) electrons. The molecule has 7 heteroatoms. The zero-order valence-corrected chi connectivity index (χ0v) is 20.5. The van der Waals surface area contributed by atoms with Crippen LogP contribution in [0.1, 0.15) is 16.7 Å². The van der Waals surface area contributed by atoms with Crippen molar-refractivity contribution < 1.29 is 28.5 Å². The number of amides is 1. The molecule has 0 aromatic heterocycles. The third-order valence-electron chi connectivity index (χ3n) is 5.20. The van der Waals surface area contributed by atoms with E-state index in [2.05, 4.69) is 5.32 Å². The number of methoxy groups -OCH3 is 5. The molecule has 182 valence electrons. The Morgan fingerprint density at radius 2 is 1.29 bits per heavy atom. The second kappa shape index (κ2) is 12.2. The third kappa shape index (κ3) is 6.14. The fourth-order valence-electron chi connectivity index (χ4n) is 3.49. The van der Waals surface area contributed by atoms with Crippen molar-refractivity contribution in [1.29, 1.82) is 0 Å². The van der Waals surface area contributed by atoms with Crippen LogP contribution in [0, 0.1) is 0 Å². The van der Waals surface area contributed by atoms with Gasteiger partial charge >= 0.3 is 0 Å². The Hall–Kier alpha value is -4.39. The summed E-state index contributed by atoms with van der Waals surface area (Å²) in [6.45, 7) is 0. The Morgan fingerprint density at radius 3 is 1.86 bits per heavy atom. The van der Waals surface area contributed by atoms with Crippen molar-refractivity contribution >= 4 is 29.8 Å². The second-order valence-electron chi connectivity index (χ2n) is 7.29. The topological polar surface area (TPSA) is 75.2 Å². The van der Waals surface area contributed by atoms with Gasteiger partial charge in [-0.05, 0) is 41.5 Å². The summed E-state index contributed by atoms with van der Waals surface area (Å²) < 4.78 is 27.3. The van der Waals surface area contributed by atoms with Crippen molar-refractivity contribution in [3.05, 3.63) is 77.4 Å². The first-order valence-corrected chi connectivity index (χ1v) is 10.8. The molecule has 3 aromatic carbocycles. The van der Waals surface area contributed by atoms with Gasteiger partial charge < -0.3 is 29.0 Å². The lowest BCUT2D eigenvalue weighted by molar-refractivity contribution is -0.111. The fraction of sp³-hybridized carbons (Fsp3) is 0.179. The highest BCUT2D eigenvalue weighted by Crippen LogP contribution is 2.40. The van der Waals surface area contributed by atoms with Gasteiger partial charge in [0.05, 0.1) is 41.2 Å². The van der Waals surface area contributed by atoms with Gasteiger partial charge in [0.25, 0.3) is 0 Å². The van der Waals surface area contributed by atoms with Gasteiger partial charge in [0.15, 0.2) is 23.0 Å². The van der Waals surface area contributed by atoms with E-state index in [1.54, 1.807) is 40.6 Å². The van der Waals surface area contributed by atoms with Crippen LogP contribution in [0.15, 0.2) is 60.7 Å². The highest BCUT2D eigenvalue weighted by atomic mass is 16.5. The molecule has 0 unspecified atom stereocenters. The molecule has 0 saturated heterocycles. The molecule has 0 fully saturated rings. The molecule has 0 spiro atoms. The second-order valence-corrected chi connectivity index (χ2v) is 7.29. The number of carbonyl (C=O) groups excluding carboxylic acids is 1. The molecule has 1 amide bonds. The first kappa shape index (κ1) is 25.2. The average Bonchev–Trinajstić information content (AvgIpc) is 2.90. The minimum atomic E-state index is -0.303. The molecule has 7 nitrogen and oxygen atoms in total. The van der Waals surface area contributed by atoms with E-state index in [1.807, 2.05) is 60.7 Å². The van der Waals surface area contributed by atoms with Crippen molar-refractivity contribution in [3.63, 3.8) is 0 Å². The van der Waals surface area contributed by atoms with E-state index in [0.717, 1.165) is 16.7 Å². The molecule has 0 atom stereocenters. The molecular weight excluding hydrogens is 446 g/mol. The number of rotatable bonds is 10. The van der Waals surface area contributed by atoms with Gasteiger partial charge in [0, 0.05) is 11.6 Å². The highest BCUT2D eigenvalue weighted by Gasteiger charge is 2.16. The number of anilines is 1. The molecule has 0 bridgehead atoms. The summed E-state index contributed by atoms with van der Waals surface area (Å²) in [6.07, 6.45) is 6.95. The van der Waals surface area contributed by atoms with Crippen LogP contribution in [-0.2, 0) is 4.79 Å². The Labute approximate surface area is 205 Å². The summed E-state index contributed by atoms with van der Waals surface area (Å²) in [5, 5.41) is 2.92. The van der Waals surface area contributed by atoms with E-state index in [4.69, 9.17) is 23.7 Å². The number of hydrogen-bond donors (Lipinski definition) is 1. The van der Waals surface area contributed by atoms with Crippen LogP contribution >= 0.6 is 0 Å². The number of hydrogen-bond acceptors (Lipinski definition) is 6. The van der Waals surface area contributed by atoms with Gasteiger partial charge in [-0.15, -0.1) is 0 Å². The number of nitrogens with one attached hydrogen (secondary N) is 1. The van der Waals surface area contributed by atoms with Crippen molar-refractivity contribution in [2.45, 2.75) is 0 Å².